The predicted molar refractivity (Wildman–Crippen MR) is 90.2 cm³/mol. The normalized spacial score (nSPS) is 12.1. The lowest BCUT2D eigenvalue weighted by atomic mass is 10.1. The first kappa shape index (κ1) is 15.2. The van der Waals surface area contributed by atoms with Crippen LogP contribution in [0.3, 0.4) is 0 Å². The molecule has 120 valence electrons. The molecule has 1 heterocycles. The Bertz CT molecular complexity index is 728. The minimum absolute atomic E-state index is 0.0401. The minimum Gasteiger partial charge on any atom is -0.454 e. The summed E-state index contributed by atoms with van der Waals surface area (Å²) < 4.78 is 10.5. The van der Waals surface area contributed by atoms with Crippen molar-refractivity contribution < 1.29 is 14.3 Å². The molecule has 2 aromatic rings. The monoisotopic (exact) mass is 312 g/mol. The van der Waals surface area contributed by atoms with E-state index in [0.29, 0.717) is 30.2 Å². The van der Waals surface area contributed by atoms with Gasteiger partial charge in [-0.3, -0.25) is 4.79 Å². The fourth-order valence-corrected chi connectivity index (χ4v) is 2.45. The zero-order valence-corrected chi connectivity index (χ0v) is 13.3. The Kier molecular flexibility index (Phi) is 4.37. The highest BCUT2D eigenvalue weighted by molar-refractivity contribution is 5.91. The molecule has 0 saturated heterocycles. The van der Waals surface area contributed by atoms with Crippen molar-refractivity contribution in [3.05, 3.63) is 47.5 Å². The molecule has 0 spiro atoms. The fraction of sp³-hybridized carbons (Fsp3) is 0.278. The Morgan fingerprint density at radius 1 is 1.13 bits per heavy atom. The highest BCUT2D eigenvalue weighted by Gasteiger charge is 2.14. The SMILES string of the molecule is Cc1cccc(NCCC(=O)Nc2ccc3c(c2)OCO3)c1C. The summed E-state index contributed by atoms with van der Waals surface area (Å²) in [5, 5.41) is 6.18. The van der Waals surface area contributed by atoms with E-state index in [-0.39, 0.29) is 12.7 Å². The van der Waals surface area contributed by atoms with Crippen molar-refractivity contribution in [3.63, 3.8) is 0 Å². The Morgan fingerprint density at radius 2 is 1.96 bits per heavy atom. The van der Waals surface area contributed by atoms with Gasteiger partial charge in [0, 0.05) is 30.4 Å². The quantitative estimate of drug-likeness (QED) is 0.887. The molecule has 23 heavy (non-hydrogen) atoms. The Hall–Kier alpha value is -2.69. The fourth-order valence-electron chi connectivity index (χ4n) is 2.45. The number of hydrogen-bond donors (Lipinski definition) is 2. The lowest BCUT2D eigenvalue weighted by Gasteiger charge is -2.11. The lowest BCUT2D eigenvalue weighted by molar-refractivity contribution is -0.115. The van der Waals surface area contributed by atoms with Crippen LogP contribution in [-0.2, 0) is 4.79 Å². The van der Waals surface area contributed by atoms with Gasteiger partial charge in [0.2, 0.25) is 12.7 Å². The molecule has 2 N–H and O–H groups in total. The number of anilines is 2. The van der Waals surface area contributed by atoms with Crippen LogP contribution in [0.2, 0.25) is 0 Å². The molecular weight excluding hydrogens is 292 g/mol. The molecule has 0 fully saturated rings. The van der Waals surface area contributed by atoms with E-state index in [1.165, 1.54) is 11.1 Å². The van der Waals surface area contributed by atoms with Crippen molar-refractivity contribution in [2.24, 2.45) is 0 Å². The molecule has 0 saturated carbocycles. The van der Waals surface area contributed by atoms with Gasteiger partial charge < -0.3 is 20.1 Å². The molecule has 1 amide bonds. The Morgan fingerprint density at radius 3 is 2.83 bits per heavy atom. The second-order valence-electron chi connectivity index (χ2n) is 5.54. The highest BCUT2D eigenvalue weighted by Crippen LogP contribution is 2.34. The van der Waals surface area contributed by atoms with Crippen molar-refractivity contribution >= 4 is 17.3 Å². The summed E-state index contributed by atoms with van der Waals surface area (Å²) in [6, 6.07) is 11.5. The zero-order chi connectivity index (χ0) is 16.2. The topological polar surface area (TPSA) is 59.6 Å². The lowest BCUT2D eigenvalue weighted by Crippen LogP contribution is -2.16. The largest absolute Gasteiger partial charge is 0.454 e. The van der Waals surface area contributed by atoms with Gasteiger partial charge in [0.15, 0.2) is 11.5 Å². The van der Waals surface area contributed by atoms with Crippen LogP contribution >= 0.6 is 0 Å². The maximum atomic E-state index is 12.0. The number of amides is 1. The molecule has 3 rings (SSSR count). The molecule has 0 bridgehead atoms. The number of carbonyl (C=O) groups is 1. The van der Waals surface area contributed by atoms with Gasteiger partial charge in [0.1, 0.15) is 0 Å². The van der Waals surface area contributed by atoms with E-state index >= 15 is 0 Å². The maximum Gasteiger partial charge on any atom is 0.231 e. The van der Waals surface area contributed by atoms with E-state index in [4.69, 9.17) is 9.47 Å². The first-order valence-corrected chi connectivity index (χ1v) is 7.63. The van der Waals surface area contributed by atoms with Crippen LogP contribution in [0.1, 0.15) is 17.5 Å². The van der Waals surface area contributed by atoms with E-state index in [9.17, 15) is 4.79 Å². The van der Waals surface area contributed by atoms with Crippen molar-refractivity contribution in [2.75, 3.05) is 24.0 Å². The summed E-state index contributed by atoms with van der Waals surface area (Å²) in [4.78, 5) is 12.0. The average molecular weight is 312 g/mol. The van der Waals surface area contributed by atoms with Gasteiger partial charge in [0.25, 0.3) is 0 Å². The second kappa shape index (κ2) is 6.60. The van der Waals surface area contributed by atoms with E-state index in [1.54, 1.807) is 12.1 Å². The van der Waals surface area contributed by atoms with E-state index < -0.39 is 0 Å². The van der Waals surface area contributed by atoms with Gasteiger partial charge >= 0.3 is 0 Å². The second-order valence-corrected chi connectivity index (χ2v) is 5.54. The minimum atomic E-state index is -0.0401. The molecule has 1 aliphatic heterocycles. The predicted octanol–water partition coefficient (Wildman–Crippen LogP) is 3.47. The first-order valence-electron chi connectivity index (χ1n) is 7.63. The Balaban J connectivity index is 1.51. The van der Waals surface area contributed by atoms with Gasteiger partial charge in [-0.2, -0.15) is 0 Å². The first-order chi connectivity index (χ1) is 11.1. The highest BCUT2D eigenvalue weighted by atomic mass is 16.7. The zero-order valence-electron chi connectivity index (χ0n) is 13.3. The number of benzene rings is 2. The van der Waals surface area contributed by atoms with Crippen LogP contribution in [0.25, 0.3) is 0 Å². The summed E-state index contributed by atoms with van der Waals surface area (Å²) in [7, 11) is 0. The third kappa shape index (κ3) is 3.56. The van der Waals surface area contributed by atoms with Crippen LogP contribution < -0.4 is 20.1 Å². The van der Waals surface area contributed by atoms with Crippen molar-refractivity contribution in [2.45, 2.75) is 20.3 Å². The molecule has 0 aromatic heterocycles. The van der Waals surface area contributed by atoms with Crippen LogP contribution in [0.15, 0.2) is 36.4 Å². The number of aryl methyl sites for hydroxylation is 1. The number of rotatable bonds is 5. The average Bonchev–Trinajstić information content (AvgIpc) is 2.99. The third-order valence-corrected chi connectivity index (χ3v) is 3.93. The summed E-state index contributed by atoms with van der Waals surface area (Å²) in [6.45, 7) is 4.96. The molecule has 0 aliphatic carbocycles. The standard InChI is InChI=1S/C18H20N2O3/c1-12-4-3-5-15(13(12)2)19-9-8-18(21)20-14-6-7-16-17(10-14)23-11-22-16/h3-7,10,19H,8-9,11H2,1-2H3,(H,20,21). The van der Waals surface area contributed by atoms with Crippen LogP contribution in [0, 0.1) is 13.8 Å². The molecule has 0 unspecified atom stereocenters. The van der Waals surface area contributed by atoms with Gasteiger partial charge in [-0.05, 0) is 43.2 Å². The number of ether oxygens (including phenoxy) is 2. The number of carbonyl (C=O) groups excluding carboxylic acids is 1. The molecule has 5 heteroatoms. The summed E-state index contributed by atoms with van der Waals surface area (Å²) >= 11 is 0. The number of hydrogen-bond acceptors (Lipinski definition) is 4. The summed E-state index contributed by atoms with van der Waals surface area (Å²) in [5.41, 5.74) is 4.23. The summed E-state index contributed by atoms with van der Waals surface area (Å²) in [5.74, 6) is 1.33. The van der Waals surface area contributed by atoms with Crippen molar-refractivity contribution in [1.29, 1.82) is 0 Å². The van der Waals surface area contributed by atoms with Crippen LogP contribution in [-0.4, -0.2) is 19.2 Å². The van der Waals surface area contributed by atoms with Crippen LogP contribution in [0.5, 0.6) is 11.5 Å². The molecule has 0 radical (unpaired) electrons. The Labute approximate surface area is 135 Å². The van der Waals surface area contributed by atoms with Crippen molar-refractivity contribution in [1.82, 2.24) is 0 Å². The van der Waals surface area contributed by atoms with Crippen molar-refractivity contribution in [3.8, 4) is 11.5 Å². The molecule has 2 aromatic carbocycles. The molecule has 1 aliphatic rings. The molecule has 0 atom stereocenters. The summed E-state index contributed by atoms with van der Waals surface area (Å²) in [6.07, 6.45) is 0.391. The van der Waals surface area contributed by atoms with E-state index in [1.807, 2.05) is 18.2 Å². The number of fused-ring (bicyclic) bond motifs is 1. The van der Waals surface area contributed by atoms with Crippen LogP contribution in [0.4, 0.5) is 11.4 Å². The van der Waals surface area contributed by atoms with Gasteiger partial charge in [-0.15, -0.1) is 0 Å². The van der Waals surface area contributed by atoms with Gasteiger partial charge in [-0.1, -0.05) is 12.1 Å². The van der Waals surface area contributed by atoms with E-state index in [2.05, 4.69) is 30.5 Å². The van der Waals surface area contributed by atoms with Gasteiger partial charge in [0.05, 0.1) is 0 Å². The molecular formula is C18H20N2O3. The third-order valence-electron chi connectivity index (χ3n) is 3.93. The number of nitrogens with one attached hydrogen (secondary N) is 2. The maximum absolute atomic E-state index is 12.0. The smallest absolute Gasteiger partial charge is 0.231 e. The molecule has 5 nitrogen and oxygen atoms in total. The van der Waals surface area contributed by atoms with Gasteiger partial charge in [-0.25, -0.2) is 0 Å². The van der Waals surface area contributed by atoms with E-state index in [0.717, 1.165) is 5.69 Å².